The van der Waals surface area contributed by atoms with Gasteiger partial charge in [0.2, 0.25) is 0 Å². The van der Waals surface area contributed by atoms with Gasteiger partial charge in [-0.1, -0.05) is 23.7 Å². The molecule has 0 radical (unpaired) electrons. The number of halogens is 2. The third kappa shape index (κ3) is 4.89. The molecule has 1 aliphatic heterocycles. The maximum Gasteiger partial charge on any atom is 0.107 e. The van der Waals surface area contributed by atoms with E-state index in [4.69, 9.17) is 16.3 Å². The molecular weight excluding hydrogens is 353 g/mol. The number of hydrogen-bond acceptors (Lipinski definition) is 5. The normalized spacial score (nSPS) is 18.6. The molecule has 1 aromatic carbocycles. The molecule has 1 unspecified atom stereocenters. The Morgan fingerprint density at radius 1 is 1.48 bits per heavy atom. The summed E-state index contributed by atoms with van der Waals surface area (Å²) in [5, 5.41) is 5.40. The first kappa shape index (κ1) is 18.6. The molecule has 0 bridgehead atoms. The molecule has 23 heavy (non-hydrogen) atoms. The van der Waals surface area contributed by atoms with E-state index in [2.05, 4.69) is 27.3 Å². The highest BCUT2D eigenvalue weighted by atomic mass is 35.5. The number of piperazine rings is 1. The van der Waals surface area contributed by atoms with Crippen LogP contribution in [-0.4, -0.2) is 36.6 Å². The fraction of sp³-hybridized carbons (Fsp3) is 0.438. The second kappa shape index (κ2) is 8.97. The Hall–Kier alpha value is -0.690. The van der Waals surface area contributed by atoms with E-state index in [1.54, 1.807) is 18.4 Å². The molecule has 7 heteroatoms. The molecular formula is C16H21Cl2N3OS. The number of benzene rings is 1. The summed E-state index contributed by atoms with van der Waals surface area (Å²) < 4.78 is 5.17. The predicted molar refractivity (Wildman–Crippen MR) is 97.5 cm³/mol. The van der Waals surface area contributed by atoms with Crippen molar-refractivity contribution in [2.45, 2.75) is 19.2 Å². The topological polar surface area (TPSA) is 37.4 Å². The van der Waals surface area contributed by atoms with Crippen LogP contribution in [-0.2, 0) is 17.9 Å². The lowest BCUT2D eigenvalue weighted by Gasteiger charge is -2.36. The molecule has 1 saturated heterocycles. The minimum Gasteiger partial charge on any atom is -0.379 e. The predicted octanol–water partition coefficient (Wildman–Crippen LogP) is 3.51. The maximum atomic E-state index is 6.15. The number of nitrogens with zero attached hydrogens (tertiary/aromatic N) is 2. The third-order valence-corrected chi connectivity index (χ3v) is 5.00. The number of ether oxygens (including phenoxy) is 1. The first-order chi connectivity index (χ1) is 10.8. The van der Waals surface area contributed by atoms with Crippen LogP contribution in [0.5, 0.6) is 0 Å². The summed E-state index contributed by atoms with van der Waals surface area (Å²) >= 11 is 7.87. The first-order valence-corrected chi connectivity index (χ1v) is 8.58. The Kier molecular flexibility index (Phi) is 7.27. The van der Waals surface area contributed by atoms with Gasteiger partial charge in [0.1, 0.15) is 5.01 Å². The van der Waals surface area contributed by atoms with E-state index in [-0.39, 0.29) is 12.4 Å². The lowest BCUT2D eigenvalue weighted by atomic mass is 10.0. The van der Waals surface area contributed by atoms with Gasteiger partial charge in [-0.15, -0.1) is 23.7 Å². The van der Waals surface area contributed by atoms with E-state index in [0.29, 0.717) is 12.6 Å². The van der Waals surface area contributed by atoms with Crippen molar-refractivity contribution >= 4 is 35.3 Å². The summed E-state index contributed by atoms with van der Waals surface area (Å²) in [6.07, 6.45) is 1.92. The van der Waals surface area contributed by atoms with Gasteiger partial charge < -0.3 is 10.1 Å². The molecule has 1 atom stereocenters. The summed E-state index contributed by atoms with van der Waals surface area (Å²) in [7, 11) is 1.71. The van der Waals surface area contributed by atoms with E-state index >= 15 is 0 Å². The van der Waals surface area contributed by atoms with E-state index in [1.807, 2.05) is 18.3 Å². The second-order valence-corrected chi connectivity index (χ2v) is 7.03. The highest BCUT2D eigenvalue weighted by Gasteiger charge is 2.24. The highest BCUT2D eigenvalue weighted by Crippen LogP contribution is 2.27. The number of thiazole rings is 1. The van der Waals surface area contributed by atoms with Crippen LogP contribution in [0.4, 0.5) is 0 Å². The lowest BCUT2D eigenvalue weighted by molar-refractivity contribution is 0.153. The third-order valence-electron chi connectivity index (χ3n) is 3.81. The van der Waals surface area contributed by atoms with Gasteiger partial charge in [0, 0.05) is 44.0 Å². The standard InChI is InChI=1S/C16H20ClN3OS.ClH/c1-21-11-14-8-19-16(22-14)10-20-6-5-18-9-15(20)12-3-2-4-13(17)7-12;/h2-4,7-8,15,18H,5-6,9-11H2,1H3;1H. The average Bonchev–Trinajstić information content (AvgIpc) is 2.95. The number of nitrogens with one attached hydrogen (secondary N) is 1. The Morgan fingerprint density at radius 3 is 3.13 bits per heavy atom. The number of rotatable bonds is 5. The molecule has 0 aliphatic carbocycles. The van der Waals surface area contributed by atoms with Gasteiger partial charge in [-0.2, -0.15) is 0 Å². The zero-order valence-corrected chi connectivity index (χ0v) is 15.4. The van der Waals surface area contributed by atoms with Crippen LogP contribution in [0.2, 0.25) is 5.02 Å². The van der Waals surface area contributed by atoms with Crippen molar-refractivity contribution < 1.29 is 4.74 Å². The van der Waals surface area contributed by atoms with Gasteiger partial charge in [0.05, 0.1) is 18.0 Å². The van der Waals surface area contributed by atoms with Crippen LogP contribution in [0.15, 0.2) is 30.5 Å². The molecule has 3 rings (SSSR count). The summed E-state index contributed by atoms with van der Waals surface area (Å²) in [4.78, 5) is 8.17. The minimum absolute atomic E-state index is 0. The van der Waals surface area contributed by atoms with Crippen LogP contribution in [0, 0.1) is 0 Å². The van der Waals surface area contributed by atoms with Crippen molar-refractivity contribution in [2.24, 2.45) is 0 Å². The van der Waals surface area contributed by atoms with Gasteiger partial charge in [0.15, 0.2) is 0 Å². The fourth-order valence-electron chi connectivity index (χ4n) is 2.78. The molecule has 4 nitrogen and oxygen atoms in total. The molecule has 1 N–H and O–H groups in total. The summed E-state index contributed by atoms with van der Waals surface area (Å²) in [5.41, 5.74) is 1.26. The largest absolute Gasteiger partial charge is 0.379 e. The van der Waals surface area contributed by atoms with Gasteiger partial charge in [0.25, 0.3) is 0 Å². The molecule has 126 valence electrons. The molecule has 1 aliphatic rings. The van der Waals surface area contributed by atoms with Crippen molar-refractivity contribution in [3.8, 4) is 0 Å². The SMILES string of the molecule is COCc1cnc(CN2CCNCC2c2cccc(Cl)c2)s1.Cl. The van der Waals surface area contributed by atoms with Gasteiger partial charge >= 0.3 is 0 Å². The lowest BCUT2D eigenvalue weighted by Crippen LogP contribution is -2.45. The van der Waals surface area contributed by atoms with Gasteiger partial charge in [-0.25, -0.2) is 4.98 Å². The van der Waals surface area contributed by atoms with E-state index in [0.717, 1.165) is 36.2 Å². The van der Waals surface area contributed by atoms with Crippen LogP contribution in [0.3, 0.4) is 0 Å². The Labute approximate surface area is 152 Å². The molecule has 0 saturated carbocycles. The Morgan fingerprint density at radius 2 is 2.35 bits per heavy atom. The van der Waals surface area contributed by atoms with Crippen molar-refractivity contribution in [3.05, 3.63) is 50.9 Å². The van der Waals surface area contributed by atoms with Gasteiger partial charge in [-0.3, -0.25) is 4.90 Å². The first-order valence-electron chi connectivity index (χ1n) is 7.39. The van der Waals surface area contributed by atoms with Crippen molar-refractivity contribution in [1.29, 1.82) is 0 Å². The van der Waals surface area contributed by atoms with Crippen LogP contribution >= 0.6 is 35.3 Å². The Bertz CT molecular complexity index is 623. The monoisotopic (exact) mass is 373 g/mol. The number of methoxy groups -OCH3 is 1. The molecule has 2 heterocycles. The van der Waals surface area contributed by atoms with Crippen molar-refractivity contribution in [2.75, 3.05) is 26.7 Å². The van der Waals surface area contributed by atoms with E-state index in [1.165, 1.54) is 10.4 Å². The smallest absolute Gasteiger partial charge is 0.107 e. The summed E-state index contributed by atoms with van der Waals surface area (Å²) in [6, 6.07) is 8.48. The molecule has 0 amide bonds. The Balaban J connectivity index is 0.00000192. The maximum absolute atomic E-state index is 6.15. The molecule has 1 aromatic heterocycles. The highest BCUT2D eigenvalue weighted by molar-refractivity contribution is 7.11. The molecule has 1 fully saturated rings. The average molecular weight is 374 g/mol. The van der Waals surface area contributed by atoms with Crippen LogP contribution < -0.4 is 5.32 Å². The number of aromatic nitrogens is 1. The minimum atomic E-state index is 0. The van der Waals surface area contributed by atoms with Crippen molar-refractivity contribution in [1.82, 2.24) is 15.2 Å². The number of hydrogen-bond donors (Lipinski definition) is 1. The van der Waals surface area contributed by atoms with Crippen LogP contribution in [0.25, 0.3) is 0 Å². The second-order valence-electron chi connectivity index (χ2n) is 5.40. The summed E-state index contributed by atoms with van der Waals surface area (Å²) in [6.45, 7) is 4.46. The van der Waals surface area contributed by atoms with Crippen LogP contribution in [0.1, 0.15) is 21.5 Å². The van der Waals surface area contributed by atoms with Crippen molar-refractivity contribution in [3.63, 3.8) is 0 Å². The molecule has 2 aromatic rings. The fourth-order valence-corrected chi connectivity index (χ4v) is 3.90. The zero-order valence-electron chi connectivity index (χ0n) is 13.0. The van der Waals surface area contributed by atoms with E-state index < -0.39 is 0 Å². The molecule has 0 spiro atoms. The summed E-state index contributed by atoms with van der Waals surface area (Å²) in [5.74, 6) is 0. The quantitative estimate of drug-likeness (QED) is 0.869. The van der Waals surface area contributed by atoms with E-state index in [9.17, 15) is 0 Å². The zero-order chi connectivity index (χ0) is 15.4. The van der Waals surface area contributed by atoms with Gasteiger partial charge in [-0.05, 0) is 17.7 Å².